The molecule has 4 heteroatoms. The Morgan fingerprint density at radius 2 is 1.95 bits per heavy atom. The van der Waals surface area contributed by atoms with Crippen LogP contribution in [-0.2, 0) is 0 Å². The fourth-order valence-corrected chi connectivity index (χ4v) is 2.62. The number of aromatic amines is 1. The number of nitrogens with one attached hydrogen (secondary N) is 1. The Labute approximate surface area is 116 Å². The van der Waals surface area contributed by atoms with Crippen molar-refractivity contribution in [3.63, 3.8) is 0 Å². The predicted octanol–water partition coefficient (Wildman–Crippen LogP) is 3.51. The van der Waals surface area contributed by atoms with E-state index >= 15 is 0 Å². The number of ether oxygens (including phenoxy) is 1. The maximum absolute atomic E-state index is 5.21. The predicted molar refractivity (Wildman–Crippen MR) is 77.9 cm³/mol. The number of methoxy groups -OCH3 is 1. The number of fused-ring (bicyclic) bond motifs is 1. The third-order valence-electron chi connectivity index (χ3n) is 3.84. The van der Waals surface area contributed by atoms with Crippen LogP contribution in [0.25, 0.3) is 22.2 Å². The lowest BCUT2D eigenvalue weighted by molar-refractivity contribution is 0.415. The van der Waals surface area contributed by atoms with Gasteiger partial charge in [0, 0.05) is 28.8 Å². The molecule has 0 amide bonds. The quantitative estimate of drug-likeness (QED) is 0.788. The number of aromatic nitrogens is 3. The van der Waals surface area contributed by atoms with Crippen molar-refractivity contribution in [2.75, 3.05) is 7.11 Å². The summed E-state index contributed by atoms with van der Waals surface area (Å²) in [5, 5.41) is 8.77. The third-order valence-corrected chi connectivity index (χ3v) is 3.84. The Kier molecular flexibility index (Phi) is 2.49. The fourth-order valence-electron chi connectivity index (χ4n) is 2.62. The zero-order chi connectivity index (χ0) is 13.5. The molecule has 1 N–H and O–H groups in total. The van der Waals surface area contributed by atoms with Crippen LogP contribution in [0.2, 0.25) is 0 Å². The Morgan fingerprint density at radius 3 is 2.65 bits per heavy atom. The van der Waals surface area contributed by atoms with Crippen LogP contribution in [0.15, 0.2) is 36.5 Å². The molecule has 0 saturated heterocycles. The molecule has 2 heterocycles. The van der Waals surface area contributed by atoms with Gasteiger partial charge in [0.1, 0.15) is 5.75 Å². The molecule has 0 radical (unpaired) electrons. The number of benzene rings is 1. The van der Waals surface area contributed by atoms with Gasteiger partial charge in [0.2, 0.25) is 0 Å². The van der Waals surface area contributed by atoms with E-state index in [0.29, 0.717) is 5.92 Å². The Hall–Kier alpha value is -2.36. The van der Waals surface area contributed by atoms with E-state index < -0.39 is 0 Å². The van der Waals surface area contributed by atoms with E-state index in [4.69, 9.17) is 4.74 Å². The van der Waals surface area contributed by atoms with Gasteiger partial charge in [0.05, 0.1) is 18.3 Å². The maximum atomic E-state index is 5.21. The highest BCUT2D eigenvalue weighted by Crippen LogP contribution is 2.43. The van der Waals surface area contributed by atoms with E-state index in [-0.39, 0.29) is 0 Å². The normalized spacial score (nSPS) is 14.7. The minimum absolute atomic E-state index is 0.626. The van der Waals surface area contributed by atoms with Crippen LogP contribution < -0.4 is 4.74 Å². The summed E-state index contributed by atoms with van der Waals surface area (Å²) in [5.74, 6) is 1.48. The van der Waals surface area contributed by atoms with Gasteiger partial charge in [-0.1, -0.05) is 0 Å². The lowest BCUT2D eigenvalue weighted by atomic mass is 10.0. The molecule has 20 heavy (non-hydrogen) atoms. The highest BCUT2D eigenvalue weighted by atomic mass is 16.5. The largest absolute Gasteiger partial charge is 0.497 e. The summed E-state index contributed by atoms with van der Waals surface area (Å²) in [6, 6.07) is 9.98. The van der Waals surface area contributed by atoms with Crippen LogP contribution >= 0.6 is 0 Å². The van der Waals surface area contributed by atoms with E-state index in [1.165, 1.54) is 23.9 Å². The molecule has 0 bridgehead atoms. The first kappa shape index (κ1) is 11.5. The first-order chi connectivity index (χ1) is 9.86. The van der Waals surface area contributed by atoms with Crippen molar-refractivity contribution in [2.24, 2.45) is 0 Å². The van der Waals surface area contributed by atoms with E-state index in [1.807, 2.05) is 36.5 Å². The van der Waals surface area contributed by atoms with Crippen molar-refractivity contribution in [3.8, 4) is 17.0 Å². The van der Waals surface area contributed by atoms with E-state index in [1.54, 1.807) is 7.11 Å². The van der Waals surface area contributed by atoms with Crippen molar-refractivity contribution in [1.82, 2.24) is 15.2 Å². The second kappa shape index (κ2) is 4.34. The minimum atomic E-state index is 0.626. The summed E-state index contributed by atoms with van der Waals surface area (Å²) in [4.78, 5) is 4.57. The average molecular weight is 265 g/mol. The molecule has 4 rings (SSSR count). The van der Waals surface area contributed by atoms with Gasteiger partial charge in [-0.05, 0) is 43.2 Å². The van der Waals surface area contributed by atoms with Gasteiger partial charge in [0.15, 0.2) is 0 Å². The molecule has 0 atom stereocenters. The molecule has 0 spiro atoms. The van der Waals surface area contributed by atoms with Crippen LogP contribution in [0, 0.1) is 0 Å². The molecule has 1 saturated carbocycles. The molecule has 0 aliphatic heterocycles. The van der Waals surface area contributed by atoms with E-state index in [2.05, 4.69) is 15.2 Å². The summed E-state index contributed by atoms with van der Waals surface area (Å²) in [7, 11) is 1.68. The Bertz CT molecular complexity index is 757. The minimum Gasteiger partial charge on any atom is -0.497 e. The highest BCUT2D eigenvalue weighted by Gasteiger charge is 2.28. The number of rotatable bonds is 3. The lowest BCUT2D eigenvalue weighted by Crippen LogP contribution is -1.88. The van der Waals surface area contributed by atoms with Crippen molar-refractivity contribution in [3.05, 3.63) is 42.2 Å². The Balaban J connectivity index is 1.91. The molecule has 3 aromatic rings. The molecule has 1 aliphatic carbocycles. The fraction of sp³-hybridized carbons (Fsp3) is 0.250. The summed E-state index contributed by atoms with van der Waals surface area (Å²) in [5.41, 5.74) is 4.33. The van der Waals surface area contributed by atoms with Crippen LogP contribution in [0.5, 0.6) is 5.75 Å². The molecule has 1 fully saturated rings. The zero-order valence-electron chi connectivity index (χ0n) is 11.3. The number of H-pyrrole nitrogens is 1. The van der Waals surface area contributed by atoms with Gasteiger partial charge in [-0.15, -0.1) is 0 Å². The number of hydrogen-bond acceptors (Lipinski definition) is 3. The molecule has 2 aromatic heterocycles. The van der Waals surface area contributed by atoms with E-state index in [9.17, 15) is 0 Å². The maximum Gasteiger partial charge on any atom is 0.118 e. The zero-order valence-corrected chi connectivity index (χ0v) is 11.3. The Morgan fingerprint density at radius 1 is 1.15 bits per heavy atom. The number of nitrogens with zero attached hydrogens (tertiary/aromatic N) is 2. The summed E-state index contributed by atoms with van der Waals surface area (Å²) in [6.07, 6.45) is 4.31. The smallest absolute Gasteiger partial charge is 0.118 e. The number of pyridine rings is 1. The van der Waals surface area contributed by atoms with Gasteiger partial charge in [-0.2, -0.15) is 5.10 Å². The van der Waals surface area contributed by atoms with Crippen LogP contribution in [-0.4, -0.2) is 22.3 Å². The van der Waals surface area contributed by atoms with Gasteiger partial charge < -0.3 is 4.74 Å². The van der Waals surface area contributed by atoms with Gasteiger partial charge in [-0.3, -0.25) is 10.1 Å². The van der Waals surface area contributed by atoms with Crippen LogP contribution in [0.3, 0.4) is 0 Å². The van der Waals surface area contributed by atoms with Crippen LogP contribution in [0.4, 0.5) is 0 Å². The monoisotopic (exact) mass is 265 g/mol. The first-order valence-electron chi connectivity index (χ1n) is 6.84. The molecule has 4 nitrogen and oxygen atoms in total. The highest BCUT2D eigenvalue weighted by molar-refractivity contribution is 5.94. The summed E-state index contributed by atoms with van der Waals surface area (Å²) in [6.45, 7) is 0. The van der Waals surface area contributed by atoms with Crippen LogP contribution in [0.1, 0.15) is 24.5 Å². The molecule has 1 aliphatic rings. The molecule has 100 valence electrons. The second-order valence-corrected chi connectivity index (χ2v) is 5.19. The van der Waals surface area contributed by atoms with Crippen molar-refractivity contribution < 1.29 is 4.74 Å². The molecule has 1 aromatic carbocycles. The van der Waals surface area contributed by atoms with Gasteiger partial charge >= 0.3 is 0 Å². The van der Waals surface area contributed by atoms with Crippen molar-refractivity contribution in [1.29, 1.82) is 0 Å². The first-order valence-corrected chi connectivity index (χ1v) is 6.84. The van der Waals surface area contributed by atoms with Crippen molar-refractivity contribution in [2.45, 2.75) is 18.8 Å². The third kappa shape index (κ3) is 1.76. The second-order valence-electron chi connectivity index (χ2n) is 5.19. The topological polar surface area (TPSA) is 50.8 Å². The molecule has 0 unspecified atom stereocenters. The van der Waals surface area contributed by atoms with Gasteiger partial charge in [-0.25, -0.2) is 0 Å². The SMILES string of the molecule is COc1ccc(-c2nccc3n[nH]c(C4CC4)c23)cc1. The summed E-state index contributed by atoms with van der Waals surface area (Å²) < 4.78 is 5.21. The molecular weight excluding hydrogens is 250 g/mol. The van der Waals surface area contributed by atoms with E-state index in [0.717, 1.165) is 22.5 Å². The lowest BCUT2D eigenvalue weighted by Gasteiger charge is -2.05. The number of hydrogen-bond donors (Lipinski definition) is 1. The van der Waals surface area contributed by atoms with Crippen molar-refractivity contribution >= 4 is 10.9 Å². The standard InChI is InChI=1S/C16H15N3O/c1-20-12-6-4-10(5-7-12)15-14-13(8-9-17-15)18-19-16(14)11-2-3-11/h4-9,11H,2-3H2,1H3,(H,18,19). The molecular formula is C16H15N3O. The van der Waals surface area contributed by atoms with Gasteiger partial charge in [0.25, 0.3) is 0 Å². The summed E-state index contributed by atoms with van der Waals surface area (Å²) >= 11 is 0. The average Bonchev–Trinajstić information content (AvgIpc) is 3.26.